The second-order valence-electron chi connectivity index (χ2n) is 6.61. The standard InChI is InChI=1S/C21H19F5N2O2/c22-20(23)30-18-7-2-1-4-15(18)8-9-19(29)28-12-10-27(11-13-28)17-6-3-5-16(14-17)21(24,25)26/h1-9,14,20H,10-13H2/b9-8+. The topological polar surface area (TPSA) is 32.8 Å². The van der Waals surface area contributed by atoms with Gasteiger partial charge in [0.25, 0.3) is 0 Å². The van der Waals surface area contributed by atoms with Gasteiger partial charge >= 0.3 is 12.8 Å². The van der Waals surface area contributed by atoms with Gasteiger partial charge in [0.2, 0.25) is 5.91 Å². The molecule has 0 saturated carbocycles. The number of nitrogens with zero attached hydrogens (tertiary/aromatic N) is 2. The van der Waals surface area contributed by atoms with E-state index in [0.29, 0.717) is 37.4 Å². The molecular weight excluding hydrogens is 407 g/mol. The summed E-state index contributed by atoms with van der Waals surface area (Å²) in [6.45, 7) is -1.56. The van der Waals surface area contributed by atoms with Crippen molar-refractivity contribution in [2.24, 2.45) is 0 Å². The first-order valence-electron chi connectivity index (χ1n) is 9.17. The molecule has 0 radical (unpaired) electrons. The quantitative estimate of drug-likeness (QED) is 0.515. The molecule has 30 heavy (non-hydrogen) atoms. The van der Waals surface area contributed by atoms with E-state index in [9.17, 15) is 26.7 Å². The number of piperazine rings is 1. The van der Waals surface area contributed by atoms with E-state index < -0.39 is 18.4 Å². The molecule has 2 aromatic rings. The van der Waals surface area contributed by atoms with Crippen molar-refractivity contribution in [2.45, 2.75) is 12.8 Å². The molecule has 0 spiro atoms. The summed E-state index contributed by atoms with van der Waals surface area (Å²) < 4.78 is 68.0. The summed E-state index contributed by atoms with van der Waals surface area (Å²) in [7, 11) is 0. The van der Waals surface area contributed by atoms with E-state index in [1.165, 1.54) is 24.3 Å². The minimum Gasteiger partial charge on any atom is -0.434 e. The maximum absolute atomic E-state index is 12.9. The van der Waals surface area contributed by atoms with E-state index in [-0.39, 0.29) is 11.7 Å². The molecule has 1 aliphatic heterocycles. The third-order valence-electron chi connectivity index (χ3n) is 4.67. The molecule has 9 heteroatoms. The molecule has 0 atom stereocenters. The van der Waals surface area contributed by atoms with Gasteiger partial charge in [0.15, 0.2) is 0 Å². The first-order chi connectivity index (χ1) is 14.2. The van der Waals surface area contributed by atoms with E-state index >= 15 is 0 Å². The number of alkyl halides is 5. The fourth-order valence-corrected chi connectivity index (χ4v) is 3.15. The number of hydrogen-bond donors (Lipinski definition) is 0. The average molecular weight is 426 g/mol. The molecule has 1 fully saturated rings. The van der Waals surface area contributed by atoms with Crippen molar-refractivity contribution in [3.8, 4) is 5.75 Å². The first kappa shape index (κ1) is 21.6. The summed E-state index contributed by atoms with van der Waals surface area (Å²) in [6.07, 6.45) is -1.74. The Morgan fingerprint density at radius 1 is 1.00 bits per heavy atom. The van der Waals surface area contributed by atoms with Crippen LogP contribution < -0.4 is 9.64 Å². The fourth-order valence-electron chi connectivity index (χ4n) is 3.15. The predicted molar refractivity (Wildman–Crippen MR) is 102 cm³/mol. The van der Waals surface area contributed by atoms with E-state index in [1.54, 1.807) is 34.1 Å². The van der Waals surface area contributed by atoms with Gasteiger partial charge in [-0.3, -0.25) is 4.79 Å². The van der Waals surface area contributed by atoms with Crippen LogP contribution in [0.2, 0.25) is 0 Å². The maximum Gasteiger partial charge on any atom is 0.416 e. The Balaban J connectivity index is 1.61. The second kappa shape index (κ2) is 9.15. The Morgan fingerprint density at radius 2 is 1.70 bits per heavy atom. The van der Waals surface area contributed by atoms with Crippen LogP contribution in [0.25, 0.3) is 6.08 Å². The van der Waals surface area contributed by atoms with Crippen LogP contribution in [0, 0.1) is 0 Å². The van der Waals surface area contributed by atoms with Crippen LogP contribution in [0.3, 0.4) is 0 Å². The van der Waals surface area contributed by atoms with E-state index in [1.807, 2.05) is 0 Å². The van der Waals surface area contributed by atoms with Crippen molar-refractivity contribution >= 4 is 17.7 Å². The van der Waals surface area contributed by atoms with Crippen molar-refractivity contribution in [3.63, 3.8) is 0 Å². The molecule has 1 amide bonds. The number of carbonyl (C=O) groups excluding carboxylic acids is 1. The van der Waals surface area contributed by atoms with Crippen molar-refractivity contribution in [1.29, 1.82) is 0 Å². The van der Waals surface area contributed by atoms with E-state index in [4.69, 9.17) is 0 Å². The predicted octanol–water partition coefficient (Wildman–Crippen LogP) is 4.67. The van der Waals surface area contributed by atoms with Gasteiger partial charge in [0.1, 0.15) is 5.75 Å². The van der Waals surface area contributed by atoms with Crippen LogP contribution in [0.15, 0.2) is 54.6 Å². The van der Waals surface area contributed by atoms with Crippen LogP contribution in [0.1, 0.15) is 11.1 Å². The highest BCUT2D eigenvalue weighted by molar-refractivity contribution is 5.92. The molecule has 0 N–H and O–H groups in total. The number of hydrogen-bond acceptors (Lipinski definition) is 3. The Morgan fingerprint density at radius 3 is 2.37 bits per heavy atom. The van der Waals surface area contributed by atoms with Gasteiger partial charge < -0.3 is 14.5 Å². The molecule has 0 unspecified atom stereocenters. The Hall–Kier alpha value is -3.10. The monoisotopic (exact) mass is 426 g/mol. The van der Waals surface area contributed by atoms with Crippen LogP contribution in [-0.4, -0.2) is 43.6 Å². The summed E-state index contributed by atoms with van der Waals surface area (Å²) in [5, 5.41) is 0. The molecule has 2 aromatic carbocycles. The largest absolute Gasteiger partial charge is 0.434 e. The van der Waals surface area contributed by atoms with Gasteiger partial charge in [-0.2, -0.15) is 22.0 Å². The lowest BCUT2D eigenvalue weighted by molar-refractivity contribution is -0.137. The molecular formula is C21H19F5N2O2. The molecule has 3 rings (SSSR count). The minimum atomic E-state index is -4.41. The van der Waals surface area contributed by atoms with Gasteiger partial charge in [-0.05, 0) is 30.3 Å². The summed E-state index contributed by atoms with van der Waals surface area (Å²) in [6, 6.07) is 11.2. The van der Waals surface area contributed by atoms with Gasteiger partial charge in [0.05, 0.1) is 5.56 Å². The molecule has 1 aliphatic rings. The Kier molecular flexibility index (Phi) is 6.59. The highest BCUT2D eigenvalue weighted by atomic mass is 19.4. The van der Waals surface area contributed by atoms with Crippen LogP contribution in [0.5, 0.6) is 5.75 Å². The molecule has 160 valence electrons. The number of amides is 1. The van der Waals surface area contributed by atoms with Crippen LogP contribution in [-0.2, 0) is 11.0 Å². The summed E-state index contributed by atoms with van der Waals surface area (Å²) >= 11 is 0. The van der Waals surface area contributed by atoms with E-state index in [0.717, 1.165) is 12.1 Å². The number of para-hydroxylation sites is 1. The minimum absolute atomic E-state index is 0.0362. The summed E-state index contributed by atoms with van der Waals surface area (Å²) in [5.74, 6) is -0.351. The number of benzene rings is 2. The number of halogens is 5. The van der Waals surface area contributed by atoms with Gasteiger partial charge in [-0.25, -0.2) is 0 Å². The molecule has 1 heterocycles. The lowest BCUT2D eigenvalue weighted by Gasteiger charge is -2.36. The van der Waals surface area contributed by atoms with Crippen molar-refractivity contribution in [1.82, 2.24) is 4.90 Å². The smallest absolute Gasteiger partial charge is 0.416 e. The number of carbonyl (C=O) groups is 1. The van der Waals surface area contributed by atoms with Crippen molar-refractivity contribution in [2.75, 3.05) is 31.1 Å². The van der Waals surface area contributed by atoms with Crippen LogP contribution in [0.4, 0.5) is 27.6 Å². The second-order valence-corrected chi connectivity index (χ2v) is 6.61. The van der Waals surface area contributed by atoms with Crippen molar-refractivity contribution < 1.29 is 31.5 Å². The molecule has 1 saturated heterocycles. The lowest BCUT2D eigenvalue weighted by atomic mass is 10.1. The number of anilines is 1. The zero-order valence-electron chi connectivity index (χ0n) is 15.8. The van der Waals surface area contributed by atoms with Gasteiger partial charge in [-0.15, -0.1) is 0 Å². The SMILES string of the molecule is O=C(/C=C/c1ccccc1OC(F)F)N1CCN(c2cccc(C(F)(F)F)c2)CC1. The Bertz CT molecular complexity index is 906. The maximum atomic E-state index is 12.9. The van der Waals surface area contributed by atoms with Gasteiger partial charge in [0, 0.05) is 43.5 Å². The average Bonchev–Trinajstić information content (AvgIpc) is 2.72. The highest BCUT2D eigenvalue weighted by Gasteiger charge is 2.31. The van der Waals surface area contributed by atoms with Crippen molar-refractivity contribution in [3.05, 3.63) is 65.7 Å². The molecule has 0 bridgehead atoms. The zero-order chi connectivity index (χ0) is 21.7. The van der Waals surface area contributed by atoms with E-state index in [2.05, 4.69) is 4.74 Å². The zero-order valence-corrected chi connectivity index (χ0v) is 15.8. The normalized spacial score (nSPS) is 15.1. The van der Waals surface area contributed by atoms with Crippen LogP contribution >= 0.6 is 0 Å². The Labute approximate surface area is 170 Å². The third kappa shape index (κ3) is 5.49. The third-order valence-corrected chi connectivity index (χ3v) is 4.67. The fraction of sp³-hybridized carbons (Fsp3) is 0.286. The van der Waals surface area contributed by atoms with Gasteiger partial charge in [-0.1, -0.05) is 24.3 Å². The summed E-state index contributed by atoms with van der Waals surface area (Å²) in [5.41, 5.74) is 0.0745. The lowest BCUT2D eigenvalue weighted by Crippen LogP contribution is -2.48. The first-order valence-corrected chi connectivity index (χ1v) is 9.17. The highest BCUT2D eigenvalue weighted by Crippen LogP contribution is 2.32. The molecule has 0 aromatic heterocycles. The number of ether oxygens (including phenoxy) is 1. The molecule has 4 nitrogen and oxygen atoms in total. The summed E-state index contributed by atoms with van der Waals surface area (Å²) in [4.78, 5) is 15.8. The molecule has 0 aliphatic carbocycles. The number of rotatable bonds is 5.